The molecule has 4 rings (SSSR count). The summed E-state index contributed by atoms with van der Waals surface area (Å²) in [6, 6.07) is 14.4. The number of benzene rings is 2. The second kappa shape index (κ2) is 5.67. The van der Waals surface area contributed by atoms with Gasteiger partial charge in [0.25, 0.3) is 5.91 Å². The highest BCUT2D eigenvalue weighted by Crippen LogP contribution is 2.36. The summed E-state index contributed by atoms with van der Waals surface area (Å²) in [5.41, 5.74) is 5.76. The molecule has 2 aromatic carbocycles. The number of rotatable bonds is 3. The lowest BCUT2D eigenvalue weighted by atomic mass is 10.0. The van der Waals surface area contributed by atoms with E-state index in [-0.39, 0.29) is 24.5 Å². The summed E-state index contributed by atoms with van der Waals surface area (Å²) in [5, 5.41) is 12.2. The first-order valence-electron chi connectivity index (χ1n) is 8.06. The van der Waals surface area contributed by atoms with E-state index in [1.165, 1.54) is 22.3 Å². The van der Waals surface area contributed by atoms with Crippen molar-refractivity contribution in [1.82, 2.24) is 5.32 Å². The first-order chi connectivity index (χ1) is 11.2. The zero-order valence-corrected chi connectivity index (χ0v) is 12.8. The van der Waals surface area contributed by atoms with Crippen LogP contribution in [0.4, 0.5) is 0 Å². The zero-order valence-electron chi connectivity index (χ0n) is 12.8. The third-order valence-corrected chi connectivity index (χ3v) is 4.78. The molecule has 2 aliphatic carbocycles. The minimum atomic E-state index is -0.0444. The average molecular weight is 305 g/mol. The Morgan fingerprint density at radius 3 is 2.74 bits per heavy atom. The quantitative estimate of drug-likeness (QED) is 0.731. The Balaban J connectivity index is 1.52. The number of fused-ring (bicyclic) bond motifs is 3. The molecule has 1 amide bonds. The van der Waals surface area contributed by atoms with Gasteiger partial charge in [-0.2, -0.15) is 0 Å². The number of amides is 1. The van der Waals surface area contributed by atoms with E-state index in [0.29, 0.717) is 5.56 Å². The van der Waals surface area contributed by atoms with Gasteiger partial charge in [-0.05, 0) is 47.2 Å². The normalized spacial score (nSPS) is 21.1. The predicted molar refractivity (Wildman–Crippen MR) is 90.3 cm³/mol. The van der Waals surface area contributed by atoms with Crippen LogP contribution >= 0.6 is 0 Å². The van der Waals surface area contributed by atoms with Crippen LogP contribution in [0.1, 0.15) is 27.9 Å². The van der Waals surface area contributed by atoms with Crippen molar-refractivity contribution < 1.29 is 9.90 Å². The molecule has 2 aliphatic rings. The van der Waals surface area contributed by atoms with Crippen LogP contribution in [-0.4, -0.2) is 23.7 Å². The van der Waals surface area contributed by atoms with Gasteiger partial charge in [-0.3, -0.25) is 4.79 Å². The molecule has 0 saturated carbocycles. The molecule has 0 radical (unpaired) electrons. The molecule has 0 saturated heterocycles. The number of hydrogen-bond acceptors (Lipinski definition) is 2. The maximum Gasteiger partial charge on any atom is 0.251 e. The highest BCUT2D eigenvalue weighted by molar-refractivity contribution is 5.96. The molecule has 0 aromatic heterocycles. The van der Waals surface area contributed by atoms with Gasteiger partial charge in [-0.25, -0.2) is 0 Å². The summed E-state index contributed by atoms with van der Waals surface area (Å²) in [6.07, 6.45) is 5.62. The number of hydrogen-bond donors (Lipinski definition) is 2. The van der Waals surface area contributed by atoms with Gasteiger partial charge >= 0.3 is 0 Å². The summed E-state index contributed by atoms with van der Waals surface area (Å²) in [4.78, 5) is 12.5. The van der Waals surface area contributed by atoms with Crippen LogP contribution < -0.4 is 5.32 Å². The summed E-state index contributed by atoms with van der Waals surface area (Å²) in [6.45, 7) is 0.139. The average Bonchev–Trinajstić information content (AvgIpc) is 3.17. The molecule has 2 N–H and O–H groups in total. The Labute approximate surface area is 135 Å². The van der Waals surface area contributed by atoms with Gasteiger partial charge in [0.1, 0.15) is 0 Å². The molecule has 116 valence electrons. The molecule has 2 aromatic rings. The standard InChI is InChI=1S/C20H19NO2/c22-12-13-5-7-17(9-13)21-20(23)15-6-8-19-16(11-15)10-14-3-1-2-4-18(14)19/h1-8,11,13,17,22H,9-10,12H2,(H,21,23)/t13-,17+/m0/s1. The minimum absolute atomic E-state index is 0.0186. The van der Waals surface area contributed by atoms with Crippen molar-refractivity contribution >= 4 is 5.91 Å². The van der Waals surface area contributed by atoms with Crippen molar-refractivity contribution in [3.8, 4) is 11.1 Å². The SMILES string of the molecule is O=C(N[C@@H]1C=C[C@H](CO)C1)c1ccc2c(c1)Cc1ccccc1-2. The topological polar surface area (TPSA) is 49.3 Å². The first-order valence-corrected chi connectivity index (χ1v) is 8.06. The lowest BCUT2D eigenvalue weighted by Gasteiger charge is -2.13. The van der Waals surface area contributed by atoms with Crippen LogP contribution in [-0.2, 0) is 6.42 Å². The largest absolute Gasteiger partial charge is 0.396 e. The maximum absolute atomic E-state index is 12.5. The molecule has 3 nitrogen and oxygen atoms in total. The highest BCUT2D eigenvalue weighted by Gasteiger charge is 2.22. The lowest BCUT2D eigenvalue weighted by Crippen LogP contribution is -2.32. The van der Waals surface area contributed by atoms with Crippen molar-refractivity contribution in [3.63, 3.8) is 0 Å². The number of nitrogens with one attached hydrogen (secondary N) is 1. The number of carbonyl (C=O) groups excluding carboxylic acids is 1. The zero-order chi connectivity index (χ0) is 15.8. The molecular formula is C20H19NO2. The van der Waals surface area contributed by atoms with Crippen LogP contribution in [0, 0.1) is 5.92 Å². The van der Waals surface area contributed by atoms with Crippen molar-refractivity contribution in [2.24, 2.45) is 5.92 Å². The van der Waals surface area contributed by atoms with Gasteiger partial charge in [-0.1, -0.05) is 42.5 Å². The summed E-state index contributed by atoms with van der Waals surface area (Å²) < 4.78 is 0. The molecule has 0 bridgehead atoms. The van der Waals surface area contributed by atoms with E-state index in [1.54, 1.807) is 0 Å². The number of carbonyl (C=O) groups is 1. The Bertz CT molecular complexity index is 794. The molecule has 23 heavy (non-hydrogen) atoms. The van der Waals surface area contributed by atoms with Gasteiger partial charge in [0.2, 0.25) is 0 Å². The van der Waals surface area contributed by atoms with E-state index in [9.17, 15) is 4.79 Å². The number of aliphatic hydroxyl groups is 1. The first kappa shape index (κ1) is 14.2. The van der Waals surface area contributed by atoms with Gasteiger partial charge in [0, 0.05) is 24.1 Å². The highest BCUT2D eigenvalue weighted by atomic mass is 16.3. The Morgan fingerprint density at radius 1 is 1.09 bits per heavy atom. The lowest BCUT2D eigenvalue weighted by molar-refractivity contribution is 0.0941. The summed E-state index contributed by atoms with van der Waals surface area (Å²) in [5.74, 6) is 0.117. The van der Waals surface area contributed by atoms with Gasteiger partial charge in [-0.15, -0.1) is 0 Å². The van der Waals surface area contributed by atoms with Crippen molar-refractivity contribution in [2.75, 3.05) is 6.61 Å². The molecule has 0 spiro atoms. The van der Waals surface area contributed by atoms with Gasteiger partial charge in [0.05, 0.1) is 0 Å². The fourth-order valence-corrected chi connectivity index (χ4v) is 3.56. The monoisotopic (exact) mass is 305 g/mol. The van der Waals surface area contributed by atoms with Crippen LogP contribution in [0.3, 0.4) is 0 Å². The third-order valence-electron chi connectivity index (χ3n) is 4.78. The molecule has 0 heterocycles. The molecule has 3 heteroatoms. The molecular weight excluding hydrogens is 286 g/mol. The van der Waals surface area contributed by atoms with E-state index in [0.717, 1.165) is 12.8 Å². The smallest absolute Gasteiger partial charge is 0.251 e. The second-order valence-corrected chi connectivity index (χ2v) is 6.35. The fourth-order valence-electron chi connectivity index (χ4n) is 3.56. The van der Waals surface area contributed by atoms with Crippen molar-refractivity contribution in [3.05, 3.63) is 71.3 Å². The molecule has 0 unspecified atom stereocenters. The predicted octanol–water partition coefficient (Wildman–Crippen LogP) is 2.92. The maximum atomic E-state index is 12.5. The molecule has 0 aliphatic heterocycles. The molecule has 2 atom stereocenters. The van der Waals surface area contributed by atoms with Gasteiger partial charge in [0.15, 0.2) is 0 Å². The van der Waals surface area contributed by atoms with Crippen molar-refractivity contribution in [1.29, 1.82) is 0 Å². The van der Waals surface area contributed by atoms with Crippen LogP contribution in [0.5, 0.6) is 0 Å². The van der Waals surface area contributed by atoms with E-state index < -0.39 is 0 Å². The second-order valence-electron chi connectivity index (χ2n) is 6.35. The van der Waals surface area contributed by atoms with E-state index >= 15 is 0 Å². The van der Waals surface area contributed by atoms with Crippen LogP contribution in [0.2, 0.25) is 0 Å². The Kier molecular flexibility index (Phi) is 3.50. The summed E-state index contributed by atoms with van der Waals surface area (Å²) >= 11 is 0. The van der Waals surface area contributed by atoms with E-state index in [1.807, 2.05) is 24.3 Å². The fraction of sp³-hybridized carbons (Fsp3) is 0.250. The van der Waals surface area contributed by atoms with Crippen LogP contribution in [0.25, 0.3) is 11.1 Å². The molecule has 0 fully saturated rings. The summed E-state index contributed by atoms with van der Waals surface area (Å²) in [7, 11) is 0. The van der Waals surface area contributed by atoms with Crippen molar-refractivity contribution in [2.45, 2.75) is 18.9 Å². The Hall–Kier alpha value is -2.39. The van der Waals surface area contributed by atoms with Crippen LogP contribution in [0.15, 0.2) is 54.6 Å². The minimum Gasteiger partial charge on any atom is -0.396 e. The Morgan fingerprint density at radius 2 is 1.91 bits per heavy atom. The van der Waals surface area contributed by atoms with E-state index in [4.69, 9.17) is 5.11 Å². The van der Waals surface area contributed by atoms with Gasteiger partial charge < -0.3 is 10.4 Å². The van der Waals surface area contributed by atoms with E-state index in [2.05, 4.69) is 35.6 Å². The third kappa shape index (κ3) is 2.57. The number of aliphatic hydroxyl groups excluding tert-OH is 1.